The number of aromatic nitrogens is 4. The topological polar surface area (TPSA) is 142 Å². The third-order valence-electron chi connectivity index (χ3n) is 8.77. The van der Waals surface area contributed by atoms with Gasteiger partial charge < -0.3 is 30.6 Å². The fraction of sp³-hybridized carbons (Fsp3) is 0.310. The molecule has 5 aromatic rings. The number of nitrogens with one attached hydrogen (secondary N) is 2. The second-order valence-electron chi connectivity index (χ2n) is 11.2. The fourth-order valence-electron chi connectivity index (χ4n) is 6.54. The quantitative estimate of drug-likeness (QED) is 0.259. The van der Waals surface area contributed by atoms with Crippen molar-refractivity contribution < 1.29 is 18.7 Å². The largest absolute Gasteiger partial charge is 0.477 e. The van der Waals surface area contributed by atoms with Gasteiger partial charge in [-0.2, -0.15) is 0 Å². The molecule has 0 amide bonds. The molecule has 2 aliphatic rings. The molecule has 210 valence electrons. The van der Waals surface area contributed by atoms with Crippen molar-refractivity contribution in [2.45, 2.75) is 25.3 Å². The van der Waals surface area contributed by atoms with Gasteiger partial charge in [0.05, 0.1) is 33.1 Å². The van der Waals surface area contributed by atoms with Crippen molar-refractivity contribution in [3.05, 3.63) is 58.1 Å². The van der Waals surface area contributed by atoms with E-state index in [0.29, 0.717) is 57.8 Å². The molecule has 0 unspecified atom stereocenters. The Bertz CT molecular complexity index is 2000. The molecule has 1 spiro atoms. The Hall–Kier alpha value is -4.58. The van der Waals surface area contributed by atoms with Gasteiger partial charge in [0.25, 0.3) is 0 Å². The number of anilines is 2. The van der Waals surface area contributed by atoms with Crippen LogP contribution in [0.2, 0.25) is 0 Å². The summed E-state index contributed by atoms with van der Waals surface area (Å²) in [4.78, 5) is 39.3. The van der Waals surface area contributed by atoms with E-state index in [1.54, 1.807) is 32.6 Å². The predicted molar refractivity (Wildman–Crippen MR) is 152 cm³/mol. The fourth-order valence-corrected chi connectivity index (χ4v) is 6.54. The number of aromatic carboxylic acids is 1. The van der Waals surface area contributed by atoms with Gasteiger partial charge in [0.2, 0.25) is 5.43 Å². The first-order valence-corrected chi connectivity index (χ1v) is 13.4. The zero-order valence-corrected chi connectivity index (χ0v) is 22.4. The van der Waals surface area contributed by atoms with Crippen LogP contribution in [-0.2, 0) is 7.05 Å². The zero-order valence-electron chi connectivity index (χ0n) is 22.4. The molecule has 1 aliphatic heterocycles. The number of halogens is 2. The van der Waals surface area contributed by atoms with Gasteiger partial charge >= 0.3 is 5.97 Å². The molecule has 5 heterocycles. The van der Waals surface area contributed by atoms with Gasteiger partial charge in [-0.25, -0.2) is 23.5 Å². The molecular weight excluding hydrogens is 532 g/mol. The molecule has 0 radical (unpaired) electrons. The number of fused-ring (bicyclic) bond motifs is 4. The number of nitrogens with two attached hydrogens (primary N) is 1. The molecule has 7 rings (SSSR count). The van der Waals surface area contributed by atoms with Crippen molar-refractivity contribution in [2.24, 2.45) is 18.2 Å². The maximum Gasteiger partial charge on any atom is 0.341 e. The third kappa shape index (κ3) is 3.63. The highest BCUT2D eigenvalue weighted by molar-refractivity contribution is 6.18. The molecule has 10 nitrogen and oxygen atoms in total. The lowest BCUT2D eigenvalue weighted by molar-refractivity contribution is 0.0695. The van der Waals surface area contributed by atoms with Crippen LogP contribution in [0.1, 0.15) is 29.6 Å². The van der Waals surface area contributed by atoms with E-state index in [2.05, 4.69) is 25.2 Å². The summed E-state index contributed by atoms with van der Waals surface area (Å²) in [5.74, 6) is -3.31. The van der Waals surface area contributed by atoms with Crippen molar-refractivity contribution in [1.29, 1.82) is 0 Å². The van der Waals surface area contributed by atoms with E-state index in [0.717, 1.165) is 25.3 Å². The Labute approximate surface area is 231 Å². The normalized spacial score (nSPS) is 20.4. The number of hydrogen-bond acceptors (Lipinski definition) is 7. The Morgan fingerprint density at radius 3 is 2.73 bits per heavy atom. The Kier molecular flexibility index (Phi) is 5.39. The number of benzene rings is 1. The number of aromatic amines is 1. The van der Waals surface area contributed by atoms with Crippen LogP contribution in [-0.4, -0.2) is 56.8 Å². The minimum absolute atomic E-state index is 0.0505. The molecule has 1 aliphatic carbocycles. The Balaban J connectivity index is 1.56. The first-order chi connectivity index (χ1) is 19.6. The molecule has 41 heavy (non-hydrogen) atoms. The van der Waals surface area contributed by atoms with Gasteiger partial charge in [0.1, 0.15) is 16.9 Å². The van der Waals surface area contributed by atoms with Crippen molar-refractivity contribution >= 4 is 50.3 Å². The van der Waals surface area contributed by atoms with Crippen LogP contribution in [0.15, 0.2) is 35.5 Å². The molecule has 2 fully saturated rings. The summed E-state index contributed by atoms with van der Waals surface area (Å²) in [6, 6.07) is 2.77. The van der Waals surface area contributed by atoms with Gasteiger partial charge in [0.15, 0.2) is 11.6 Å². The lowest BCUT2D eigenvalue weighted by Gasteiger charge is -2.36. The van der Waals surface area contributed by atoms with Crippen molar-refractivity contribution in [3.63, 3.8) is 0 Å². The third-order valence-corrected chi connectivity index (χ3v) is 8.77. The van der Waals surface area contributed by atoms with Crippen molar-refractivity contribution in [1.82, 2.24) is 19.5 Å². The number of carbonyl (C=O) groups is 1. The molecular formula is C29H27F2N7O3. The van der Waals surface area contributed by atoms with E-state index >= 15 is 4.39 Å². The van der Waals surface area contributed by atoms with Crippen molar-refractivity contribution in [3.8, 4) is 11.1 Å². The molecule has 12 heteroatoms. The summed E-state index contributed by atoms with van der Waals surface area (Å²) in [5.41, 5.74) is 8.47. The lowest BCUT2D eigenvalue weighted by Crippen LogP contribution is -2.39. The number of piperidine rings is 1. The number of hydrogen-bond donors (Lipinski definition) is 4. The molecule has 2 atom stereocenters. The first-order valence-electron chi connectivity index (χ1n) is 13.4. The summed E-state index contributed by atoms with van der Waals surface area (Å²) in [7, 11) is 3.25. The number of H-pyrrole nitrogens is 1. The average Bonchev–Trinajstić information content (AvgIpc) is 3.38. The number of carboxylic acids is 1. The summed E-state index contributed by atoms with van der Waals surface area (Å²) in [5, 5.41) is 13.1. The molecule has 1 aromatic carbocycles. The number of pyridine rings is 3. The highest BCUT2D eigenvalue weighted by atomic mass is 19.2. The minimum atomic E-state index is -1.34. The highest BCUT2D eigenvalue weighted by Gasteiger charge is 2.54. The van der Waals surface area contributed by atoms with Gasteiger partial charge in [-0.3, -0.25) is 4.79 Å². The molecule has 1 saturated heterocycles. The second-order valence-corrected chi connectivity index (χ2v) is 11.2. The van der Waals surface area contributed by atoms with Crippen LogP contribution in [0, 0.1) is 17.0 Å². The van der Waals surface area contributed by atoms with Gasteiger partial charge in [-0.15, -0.1) is 0 Å². The van der Waals surface area contributed by atoms with Crippen LogP contribution < -0.4 is 21.4 Å². The number of carboxylic acid groups (broad SMARTS) is 1. The van der Waals surface area contributed by atoms with Gasteiger partial charge in [-0.1, -0.05) is 0 Å². The van der Waals surface area contributed by atoms with E-state index in [9.17, 15) is 19.1 Å². The van der Waals surface area contributed by atoms with Crippen LogP contribution in [0.3, 0.4) is 0 Å². The van der Waals surface area contributed by atoms with E-state index < -0.39 is 23.0 Å². The van der Waals surface area contributed by atoms with Crippen LogP contribution in [0.5, 0.6) is 0 Å². The summed E-state index contributed by atoms with van der Waals surface area (Å²) in [6.07, 6.45) is 7.20. The van der Waals surface area contributed by atoms with Crippen LogP contribution >= 0.6 is 0 Å². The van der Waals surface area contributed by atoms with Crippen LogP contribution in [0.25, 0.3) is 44.1 Å². The SMILES string of the molecule is CNc1cc(F)c(F)c2c1[nH]c1ncc(-c3cnc4c(c3)c(=O)c(C(=O)O)cn4C)c(N3CCC[C@]4(C[C@@H]4N)C3)c12. The van der Waals surface area contributed by atoms with Gasteiger partial charge in [-0.05, 0) is 25.3 Å². The molecule has 0 bridgehead atoms. The number of aryl methyl sites for hydroxylation is 1. The first kappa shape index (κ1) is 25.4. The molecule has 1 saturated carbocycles. The lowest BCUT2D eigenvalue weighted by atomic mass is 9.92. The summed E-state index contributed by atoms with van der Waals surface area (Å²) < 4.78 is 32.0. The highest BCUT2D eigenvalue weighted by Crippen LogP contribution is 2.53. The molecule has 4 aromatic heterocycles. The van der Waals surface area contributed by atoms with Crippen LogP contribution in [0.4, 0.5) is 20.2 Å². The van der Waals surface area contributed by atoms with E-state index in [1.807, 2.05) is 0 Å². The maximum atomic E-state index is 15.6. The minimum Gasteiger partial charge on any atom is -0.477 e. The zero-order chi connectivity index (χ0) is 28.8. The number of nitrogens with zero attached hydrogens (tertiary/aromatic N) is 4. The van der Waals surface area contributed by atoms with E-state index in [1.165, 1.54) is 10.8 Å². The van der Waals surface area contributed by atoms with Crippen molar-refractivity contribution in [2.75, 3.05) is 30.4 Å². The monoisotopic (exact) mass is 559 g/mol. The average molecular weight is 560 g/mol. The van der Waals surface area contributed by atoms with E-state index in [-0.39, 0.29) is 27.8 Å². The molecule has 5 N–H and O–H groups in total. The summed E-state index contributed by atoms with van der Waals surface area (Å²) in [6.45, 7) is 1.30. The number of rotatable bonds is 4. The van der Waals surface area contributed by atoms with Gasteiger partial charge in [0, 0.05) is 74.4 Å². The Morgan fingerprint density at radius 2 is 2.02 bits per heavy atom. The smallest absolute Gasteiger partial charge is 0.341 e. The Morgan fingerprint density at radius 1 is 1.24 bits per heavy atom. The van der Waals surface area contributed by atoms with E-state index in [4.69, 9.17) is 5.73 Å². The standard InChI is InChI=1S/C29H27F2N7O3/c1-33-18-7-17(30)22(31)20-21-24(38-5-3-4-29(12-38)8-19(29)32)15(10-34-26(21)36-23(18)20)13-6-14-25(39)16(28(40)41)11-37(2)27(14)35-9-13/h6-7,9-11,19,33H,3-5,8,12,32H2,1-2H3,(H,34,36)(H,40,41)/t19-,29-/m0/s1. The maximum absolute atomic E-state index is 15.6. The second kappa shape index (κ2) is 8.71. The summed E-state index contributed by atoms with van der Waals surface area (Å²) >= 11 is 0. The predicted octanol–water partition coefficient (Wildman–Crippen LogP) is 3.97.